The first kappa shape index (κ1) is 12.8. The topological polar surface area (TPSA) is 37.5 Å². The number of imidazole rings is 1. The summed E-state index contributed by atoms with van der Waals surface area (Å²) in [5.74, 6) is 0.408. The number of aliphatic hydroxyl groups is 1. The average Bonchev–Trinajstić information content (AvgIpc) is 3.11. The van der Waals surface area contributed by atoms with Gasteiger partial charge in [-0.2, -0.15) is 0 Å². The van der Waals surface area contributed by atoms with Crippen LogP contribution in [0.15, 0.2) is 36.8 Å². The SMILES string of the molecule is OC(C=c1c2ccccc2c2cncn12)C1CCCCC1. The maximum Gasteiger partial charge on any atom is 0.0997 e. The fourth-order valence-corrected chi connectivity index (χ4v) is 3.69. The molecule has 3 aromatic rings. The summed E-state index contributed by atoms with van der Waals surface area (Å²) in [6.45, 7) is 0. The molecule has 0 amide bonds. The molecule has 1 N–H and O–H groups in total. The fraction of sp³-hybridized carbons (Fsp3) is 0.389. The molecular weight excluding hydrogens is 260 g/mol. The van der Waals surface area contributed by atoms with Crippen molar-refractivity contribution in [2.45, 2.75) is 38.2 Å². The van der Waals surface area contributed by atoms with Gasteiger partial charge >= 0.3 is 0 Å². The first-order chi connectivity index (χ1) is 10.3. The smallest absolute Gasteiger partial charge is 0.0997 e. The van der Waals surface area contributed by atoms with Crippen LogP contribution in [0.3, 0.4) is 0 Å². The van der Waals surface area contributed by atoms with Crippen molar-refractivity contribution in [3.05, 3.63) is 42.1 Å². The Morgan fingerprint density at radius 2 is 1.90 bits per heavy atom. The number of benzene rings is 1. The Balaban J connectivity index is 1.86. The highest BCUT2D eigenvalue weighted by atomic mass is 16.3. The monoisotopic (exact) mass is 280 g/mol. The van der Waals surface area contributed by atoms with Crippen molar-refractivity contribution in [3.63, 3.8) is 0 Å². The van der Waals surface area contributed by atoms with E-state index >= 15 is 0 Å². The van der Waals surface area contributed by atoms with Crippen molar-refractivity contribution >= 4 is 22.4 Å². The van der Waals surface area contributed by atoms with E-state index in [1.54, 1.807) is 0 Å². The maximum absolute atomic E-state index is 10.6. The lowest BCUT2D eigenvalue weighted by Crippen LogP contribution is -2.24. The Kier molecular flexibility index (Phi) is 3.15. The van der Waals surface area contributed by atoms with Gasteiger partial charge in [0.05, 0.1) is 29.5 Å². The van der Waals surface area contributed by atoms with Gasteiger partial charge in [0.2, 0.25) is 0 Å². The van der Waals surface area contributed by atoms with Crippen molar-refractivity contribution in [2.24, 2.45) is 5.92 Å². The molecule has 3 heteroatoms. The molecule has 1 aliphatic rings. The lowest BCUT2D eigenvalue weighted by Gasteiger charge is -2.24. The van der Waals surface area contributed by atoms with Crippen LogP contribution in [0.25, 0.3) is 22.4 Å². The van der Waals surface area contributed by atoms with Gasteiger partial charge in [-0.1, -0.05) is 43.5 Å². The van der Waals surface area contributed by atoms with Crippen LogP contribution >= 0.6 is 0 Å². The molecule has 0 radical (unpaired) electrons. The zero-order valence-electron chi connectivity index (χ0n) is 12.1. The normalized spacial score (nSPS) is 19.6. The van der Waals surface area contributed by atoms with E-state index in [2.05, 4.69) is 33.7 Å². The number of nitrogens with zero attached hydrogens (tertiary/aromatic N) is 2. The van der Waals surface area contributed by atoms with E-state index in [0.29, 0.717) is 5.92 Å². The summed E-state index contributed by atoms with van der Waals surface area (Å²) >= 11 is 0. The lowest BCUT2D eigenvalue weighted by atomic mass is 9.85. The van der Waals surface area contributed by atoms with E-state index in [9.17, 15) is 5.11 Å². The van der Waals surface area contributed by atoms with Crippen molar-refractivity contribution < 1.29 is 5.11 Å². The van der Waals surface area contributed by atoms with E-state index in [1.807, 2.05) is 18.6 Å². The van der Waals surface area contributed by atoms with E-state index in [0.717, 1.165) is 23.7 Å². The van der Waals surface area contributed by atoms with Gasteiger partial charge in [-0.05, 0) is 24.8 Å². The van der Waals surface area contributed by atoms with Gasteiger partial charge < -0.3 is 5.11 Å². The van der Waals surface area contributed by atoms with E-state index in [-0.39, 0.29) is 6.10 Å². The van der Waals surface area contributed by atoms with E-state index in [1.165, 1.54) is 30.0 Å². The minimum absolute atomic E-state index is 0.360. The first-order valence-corrected chi connectivity index (χ1v) is 7.87. The summed E-state index contributed by atoms with van der Waals surface area (Å²) < 4.78 is 2.09. The molecule has 1 saturated carbocycles. The van der Waals surface area contributed by atoms with Gasteiger partial charge in [0, 0.05) is 10.8 Å². The molecule has 1 unspecified atom stereocenters. The number of hydrogen-bond donors (Lipinski definition) is 1. The van der Waals surface area contributed by atoms with Crippen LogP contribution in [0, 0.1) is 5.92 Å². The number of aliphatic hydroxyl groups excluding tert-OH is 1. The molecular formula is C18H20N2O. The molecule has 0 aliphatic heterocycles. The van der Waals surface area contributed by atoms with Crippen molar-refractivity contribution in [1.29, 1.82) is 0 Å². The lowest BCUT2D eigenvalue weighted by molar-refractivity contribution is 0.137. The zero-order chi connectivity index (χ0) is 14.2. The molecule has 0 spiro atoms. The molecule has 1 aromatic carbocycles. The van der Waals surface area contributed by atoms with Crippen LogP contribution in [-0.4, -0.2) is 20.6 Å². The second-order valence-corrected chi connectivity index (χ2v) is 6.14. The fourth-order valence-electron chi connectivity index (χ4n) is 3.69. The summed E-state index contributed by atoms with van der Waals surface area (Å²) in [6.07, 6.45) is 11.5. The zero-order valence-corrected chi connectivity index (χ0v) is 12.1. The molecule has 108 valence electrons. The Hall–Kier alpha value is -1.87. The predicted molar refractivity (Wildman–Crippen MR) is 85.0 cm³/mol. The largest absolute Gasteiger partial charge is 0.389 e. The molecule has 21 heavy (non-hydrogen) atoms. The second kappa shape index (κ2) is 5.15. The van der Waals surface area contributed by atoms with Gasteiger partial charge in [0.1, 0.15) is 0 Å². The second-order valence-electron chi connectivity index (χ2n) is 6.14. The molecule has 1 fully saturated rings. The number of aromatic nitrogens is 2. The Morgan fingerprint density at radius 1 is 1.14 bits per heavy atom. The number of rotatable bonds is 2. The molecule has 4 rings (SSSR count). The Bertz CT molecular complexity index is 814. The van der Waals surface area contributed by atoms with Crippen LogP contribution in [0.1, 0.15) is 32.1 Å². The summed E-state index contributed by atoms with van der Waals surface area (Å²) in [4.78, 5) is 4.25. The van der Waals surface area contributed by atoms with Gasteiger partial charge in [0.25, 0.3) is 0 Å². The van der Waals surface area contributed by atoms with E-state index < -0.39 is 0 Å². The van der Waals surface area contributed by atoms with Gasteiger partial charge in [-0.3, -0.25) is 4.40 Å². The van der Waals surface area contributed by atoms with Crippen LogP contribution in [0.4, 0.5) is 0 Å². The molecule has 0 bridgehead atoms. The third kappa shape index (κ3) is 2.12. The minimum Gasteiger partial charge on any atom is -0.389 e. The minimum atomic E-state index is -0.360. The maximum atomic E-state index is 10.6. The van der Waals surface area contributed by atoms with Crippen LogP contribution in [0.5, 0.6) is 0 Å². The average molecular weight is 280 g/mol. The first-order valence-electron chi connectivity index (χ1n) is 7.87. The Morgan fingerprint density at radius 3 is 2.71 bits per heavy atom. The Labute approximate surface area is 123 Å². The molecule has 3 nitrogen and oxygen atoms in total. The summed E-state index contributed by atoms with van der Waals surface area (Å²) in [7, 11) is 0. The van der Waals surface area contributed by atoms with Crippen LogP contribution in [-0.2, 0) is 0 Å². The molecule has 1 aliphatic carbocycles. The predicted octanol–water partition coefficient (Wildman–Crippen LogP) is 2.93. The molecule has 0 saturated heterocycles. The molecule has 1 atom stereocenters. The molecule has 2 aromatic heterocycles. The standard InChI is InChI=1S/C18H20N2O/c21-18(13-6-2-1-3-7-13)10-16-14-8-4-5-9-15(14)17-11-19-12-20(16)17/h4-5,8-13,18,21H,1-3,6-7H2. The summed E-state index contributed by atoms with van der Waals surface area (Å²) in [6, 6.07) is 8.36. The van der Waals surface area contributed by atoms with Crippen LogP contribution < -0.4 is 5.35 Å². The van der Waals surface area contributed by atoms with Crippen molar-refractivity contribution in [3.8, 4) is 0 Å². The molecule has 2 heterocycles. The van der Waals surface area contributed by atoms with Crippen molar-refractivity contribution in [1.82, 2.24) is 9.38 Å². The van der Waals surface area contributed by atoms with Crippen molar-refractivity contribution in [2.75, 3.05) is 0 Å². The highest BCUT2D eigenvalue weighted by molar-refractivity contribution is 5.97. The number of hydrogen-bond acceptors (Lipinski definition) is 2. The van der Waals surface area contributed by atoms with Gasteiger partial charge in [-0.15, -0.1) is 0 Å². The highest BCUT2D eigenvalue weighted by Crippen LogP contribution is 2.27. The van der Waals surface area contributed by atoms with Gasteiger partial charge in [0.15, 0.2) is 0 Å². The van der Waals surface area contributed by atoms with Gasteiger partial charge in [-0.25, -0.2) is 4.98 Å². The summed E-state index contributed by atoms with van der Waals surface area (Å²) in [5, 5.41) is 14.1. The quantitative estimate of drug-likeness (QED) is 0.783. The summed E-state index contributed by atoms with van der Waals surface area (Å²) in [5.41, 5.74) is 1.12. The third-order valence-electron chi connectivity index (χ3n) is 4.84. The van der Waals surface area contributed by atoms with E-state index in [4.69, 9.17) is 0 Å². The highest BCUT2D eigenvalue weighted by Gasteiger charge is 2.20. The third-order valence-corrected chi connectivity index (χ3v) is 4.84. The number of fused-ring (bicyclic) bond motifs is 3. The van der Waals surface area contributed by atoms with Crippen LogP contribution in [0.2, 0.25) is 0 Å².